The molecule has 1 heterocycles. The summed E-state index contributed by atoms with van der Waals surface area (Å²) in [7, 11) is 0. The molecule has 0 spiro atoms. The van der Waals surface area contributed by atoms with E-state index >= 15 is 0 Å². The molecule has 0 saturated carbocycles. The van der Waals surface area contributed by atoms with Crippen LogP contribution in [-0.2, 0) is 4.79 Å². The second-order valence-electron chi connectivity index (χ2n) is 4.99. The third-order valence-electron chi connectivity index (χ3n) is 3.64. The van der Waals surface area contributed by atoms with Gasteiger partial charge in [-0.1, -0.05) is 13.3 Å². The van der Waals surface area contributed by atoms with E-state index < -0.39 is 0 Å². The van der Waals surface area contributed by atoms with Crippen molar-refractivity contribution in [2.24, 2.45) is 0 Å². The normalized spacial score (nSPS) is 23.4. The minimum Gasteiger partial charge on any atom is -0.394 e. The number of likely N-dealkylation sites (tertiary alicyclic amines) is 1. The highest BCUT2D eigenvalue weighted by atomic mass is 16.3. The Balaban J connectivity index is 2.22. The largest absolute Gasteiger partial charge is 0.394 e. The molecule has 1 aliphatic heterocycles. The molecule has 4 heteroatoms. The predicted molar refractivity (Wildman–Crippen MR) is 68.8 cm³/mol. The zero-order chi connectivity index (χ0) is 12.7. The van der Waals surface area contributed by atoms with E-state index in [-0.39, 0.29) is 18.6 Å². The van der Waals surface area contributed by atoms with Crippen LogP contribution in [0.4, 0.5) is 0 Å². The SMILES string of the molecule is CC[C@H](CO)NC(=O)CCN1CCCCC1C. The molecule has 1 fully saturated rings. The molecule has 0 aliphatic carbocycles. The summed E-state index contributed by atoms with van der Waals surface area (Å²) in [5, 5.41) is 11.9. The molecule has 2 N–H and O–H groups in total. The molecule has 1 saturated heterocycles. The van der Waals surface area contributed by atoms with Crippen molar-refractivity contribution in [1.82, 2.24) is 10.2 Å². The summed E-state index contributed by atoms with van der Waals surface area (Å²) >= 11 is 0. The van der Waals surface area contributed by atoms with Gasteiger partial charge in [0, 0.05) is 19.0 Å². The summed E-state index contributed by atoms with van der Waals surface area (Å²) in [6.07, 6.45) is 5.13. The Bertz CT molecular complexity index is 229. The molecule has 4 nitrogen and oxygen atoms in total. The van der Waals surface area contributed by atoms with Crippen molar-refractivity contribution in [2.45, 2.75) is 58.0 Å². The summed E-state index contributed by atoms with van der Waals surface area (Å²) in [5.41, 5.74) is 0. The molecular formula is C13H26N2O2. The van der Waals surface area contributed by atoms with Gasteiger partial charge in [-0.2, -0.15) is 0 Å². The number of aliphatic hydroxyl groups excluding tert-OH is 1. The van der Waals surface area contributed by atoms with Gasteiger partial charge in [-0.05, 0) is 32.7 Å². The van der Waals surface area contributed by atoms with Gasteiger partial charge < -0.3 is 15.3 Å². The molecule has 100 valence electrons. The Morgan fingerprint density at radius 1 is 1.53 bits per heavy atom. The zero-order valence-electron chi connectivity index (χ0n) is 11.1. The lowest BCUT2D eigenvalue weighted by molar-refractivity contribution is -0.122. The maximum atomic E-state index is 11.7. The first-order chi connectivity index (χ1) is 8.17. The number of aliphatic hydroxyl groups is 1. The lowest BCUT2D eigenvalue weighted by atomic mass is 10.0. The fourth-order valence-electron chi connectivity index (χ4n) is 2.31. The minimum atomic E-state index is -0.0821. The zero-order valence-corrected chi connectivity index (χ0v) is 11.1. The van der Waals surface area contributed by atoms with Crippen LogP contribution in [0.15, 0.2) is 0 Å². The molecule has 0 radical (unpaired) electrons. The lowest BCUT2D eigenvalue weighted by Gasteiger charge is -2.33. The number of carbonyl (C=O) groups excluding carboxylic acids is 1. The fraction of sp³-hybridized carbons (Fsp3) is 0.923. The molecule has 17 heavy (non-hydrogen) atoms. The summed E-state index contributed by atoms with van der Waals surface area (Å²) in [5.74, 6) is 0.0590. The van der Waals surface area contributed by atoms with Crippen LogP contribution in [0.2, 0.25) is 0 Å². The maximum absolute atomic E-state index is 11.7. The standard InChI is InChI=1S/C13H26N2O2/c1-3-12(10-16)14-13(17)7-9-15-8-5-4-6-11(15)2/h11-12,16H,3-10H2,1-2H3,(H,14,17)/t11?,12-/m1/s1. The Hall–Kier alpha value is -0.610. The van der Waals surface area contributed by atoms with E-state index in [2.05, 4.69) is 17.1 Å². The first-order valence-electron chi connectivity index (χ1n) is 6.81. The highest BCUT2D eigenvalue weighted by molar-refractivity contribution is 5.76. The molecule has 2 atom stereocenters. The summed E-state index contributed by atoms with van der Waals surface area (Å²) in [6, 6.07) is 0.526. The third kappa shape index (κ3) is 5.04. The predicted octanol–water partition coefficient (Wildman–Crippen LogP) is 1.14. The molecule has 1 amide bonds. The fourth-order valence-corrected chi connectivity index (χ4v) is 2.31. The topological polar surface area (TPSA) is 52.6 Å². The van der Waals surface area contributed by atoms with Crippen molar-refractivity contribution in [3.63, 3.8) is 0 Å². The number of rotatable bonds is 6. The van der Waals surface area contributed by atoms with Crippen molar-refractivity contribution < 1.29 is 9.90 Å². The van der Waals surface area contributed by atoms with Gasteiger partial charge in [0.15, 0.2) is 0 Å². The summed E-state index contributed by atoms with van der Waals surface area (Å²) < 4.78 is 0. The Kier molecular flexibility index (Phi) is 6.52. The summed E-state index contributed by atoms with van der Waals surface area (Å²) in [6.45, 7) is 6.19. The third-order valence-corrected chi connectivity index (χ3v) is 3.64. The van der Waals surface area contributed by atoms with E-state index in [0.29, 0.717) is 12.5 Å². The number of piperidine rings is 1. The molecule has 0 bridgehead atoms. The van der Waals surface area contributed by atoms with Crippen LogP contribution in [0, 0.1) is 0 Å². The van der Waals surface area contributed by atoms with Gasteiger partial charge in [-0.15, -0.1) is 0 Å². The van der Waals surface area contributed by atoms with Crippen molar-refractivity contribution in [3.8, 4) is 0 Å². The average molecular weight is 242 g/mol. The lowest BCUT2D eigenvalue weighted by Crippen LogP contribution is -2.42. The summed E-state index contributed by atoms with van der Waals surface area (Å²) in [4.78, 5) is 14.1. The van der Waals surface area contributed by atoms with Gasteiger partial charge in [-0.25, -0.2) is 0 Å². The van der Waals surface area contributed by atoms with Crippen LogP contribution < -0.4 is 5.32 Å². The molecule has 0 aromatic rings. The van der Waals surface area contributed by atoms with E-state index in [4.69, 9.17) is 5.11 Å². The number of hydrogen-bond donors (Lipinski definition) is 2. The van der Waals surface area contributed by atoms with Crippen molar-refractivity contribution in [3.05, 3.63) is 0 Å². The number of hydrogen-bond acceptors (Lipinski definition) is 3. The van der Waals surface area contributed by atoms with Gasteiger partial charge in [-0.3, -0.25) is 4.79 Å². The van der Waals surface area contributed by atoms with Crippen molar-refractivity contribution in [2.75, 3.05) is 19.7 Å². The monoisotopic (exact) mass is 242 g/mol. The second-order valence-corrected chi connectivity index (χ2v) is 4.99. The maximum Gasteiger partial charge on any atom is 0.221 e. The van der Waals surface area contributed by atoms with Gasteiger partial charge in [0.05, 0.1) is 12.6 Å². The Morgan fingerprint density at radius 3 is 2.88 bits per heavy atom. The molecule has 1 unspecified atom stereocenters. The molecular weight excluding hydrogens is 216 g/mol. The minimum absolute atomic E-state index is 0.0301. The van der Waals surface area contributed by atoms with Crippen LogP contribution in [0.25, 0.3) is 0 Å². The number of nitrogens with one attached hydrogen (secondary N) is 1. The number of nitrogens with zero attached hydrogens (tertiary/aromatic N) is 1. The highest BCUT2D eigenvalue weighted by Gasteiger charge is 2.19. The first kappa shape index (κ1) is 14.5. The molecule has 0 aromatic carbocycles. The van der Waals surface area contributed by atoms with Gasteiger partial charge in [0.1, 0.15) is 0 Å². The van der Waals surface area contributed by atoms with Crippen LogP contribution in [-0.4, -0.2) is 47.7 Å². The van der Waals surface area contributed by atoms with E-state index in [1.807, 2.05) is 6.92 Å². The smallest absolute Gasteiger partial charge is 0.221 e. The van der Waals surface area contributed by atoms with Crippen LogP contribution in [0.5, 0.6) is 0 Å². The van der Waals surface area contributed by atoms with Crippen LogP contribution >= 0.6 is 0 Å². The average Bonchev–Trinajstić information content (AvgIpc) is 2.35. The van der Waals surface area contributed by atoms with Crippen LogP contribution in [0.3, 0.4) is 0 Å². The van der Waals surface area contributed by atoms with E-state index in [9.17, 15) is 4.79 Å². The number of amides is 1. The second kappa shape index (κ2) is 7.67. The van der Waals surface area contributed by atoms with E-state index in [0.717, 1.165) is 19.5 Å². The van der Waals surface area contributed by atoms with E-state index in [1.165, 1.54) is 19.3 Å². The Morgan fingerprint density at radius 2 is 2.29 bits per heavy atom. The van der Waals surface area contributed by atoms with Crippen molar-refractivity contribution >= 4 is 5.91 Å². The van der Waals surface area contributed by atoms with Gasteiger partial charge >= 0.3 is 0 Å². The highest BCUT2D eigenvalue weighted by Crippen LogP contribution is 2.16. The first-order valence-corrected chi connectivity index (χ1v) is 6.81. The quantitative estimate of drug-likeness (QED) is 0.734. The van der Waals surface area contributed by atoms with Crippen LogP contribution in [0.1, 0.15) is 46.0 Å². The Labute approximate surface area is 104 Å². The van der Waals surface area contributed by atoms with Gasteiger partial charge in [0.25, 0.3) is 0 Å². The molecule has 1 rings (SSSR count). The molecule has 0 aromatic heterocycles. The van der Waals surface area contributed by atoms with Gasteiger partial charge in [0.2, 0.25) is 5.91 Å². The van der Waals surface area contributed by atoms with Crippen molar-refractivity contribution in [1.29, 1.82) is 0 Å². The molecule has 1 aliphatic rings. The number of carbonyl (C=O) groups is 1. The van der Waals surface area contributed by atoms with E-state index in [1.54, 1.807) is 0 Å².